The summed E-state index contributed by atoms with van der Waals surface area (Å²) in [5.41, 5.74) is -0.00745. The number of nitriles is 1. The molecule has 1 heteroatoms. The van der Waals surface area contributed by atoms with E-state index >= 15 is 0 Å². The van der Waals surface area contributed by atoms with Crippen LogP contribution in [-0.4, -0.2) is 0 Å². The molecule has 0 bridgehead atoms. The van der Waals surface area contributed by atoms with E-state index in [0.717, 1.165) is 42.4 Å². The fraction of sp³-hybridized carbons (Fsp3) is 0.952. The lowest BCUT2D eigenvalue weighted by Gasteiger charge is -2.42. The van der Waals surface area contributed by atoms with Crippen molar-refractivity contribution in [1.82, 2.24) is 0 Å². The van der Waals surface area contributed by atoms with Gasteiger partial charge in [-0.3, -0.25) is 0 Å². The molecule has 0 aromatic rings. The Hall–Kier alpha value is -0.510. The molecule has 3 fully saturated rings. The average Bonchev–Trinajstić information content (AvgIpc) is 2.57. The van der Waals surface area contributed by atoms with E-state index in [1.807, 2.05) is 0 Å². The first-order valence-corrected chi connectivity index (χ1v) is 10.0. The molecule has 1 nitrogen and oxygen atoms in total. The van der Waals surface area contributed by atoms with Gasteiger partial charge in [0.2, 0.25) is 0 Å². The van der Waals surface area contributed by atoms with Crippen LogP contribution in [0.15, 0.2) is 0 Å². The number of hydrogen-bond acceptors (Lipinski definition) is 1. The summed E-state index contributed by atoms with van der Waals surface area (Å²) in [6.07, 6.45) is 16.9. The Bertz CT molecular complexity index is 383. The van der Waals surface area contributed by atoms with Crippen molar-refractivity contribution >= 4 is 0 Å². The van der Waals surface area contributed by atoms with Gasteiger partial charge in [0.05, 0.1) is 11.5 Å². The fourth-order valence-corrected chi connectivity index (χ4v) is 5.71. The van der Waals surface area contributed by atoms with Gasteiger partial charge in [0.15, 0.2) is 0 Å². The zero-order chi connectivity index (χ0) is 15.6. The van der Waals surface area contributed by atoms with Crippen LogP contribution >= 0.6 is 0 Å². The maximum absolute atomic E-state index is 9.29. The van der Waals surface area contributed by atoms with Gasteiger partial charge in [-0.05, 0) is 101 Å². The second kappa shape index (κ2) is 6.94. The summed E-state index contributed by atoms with van der Waals surface area (Å²) < 4.78 is 0. The second-order valence-electron chi connectivity index (χ2n) is 9.20. The van der Waals surface area contributed by atoms with Crippen LogP contribution in [0.5, 0.6) is 0 Å². The summed E-state index contributed by atoms with van der Waals surface area (Å²) in [4.78, 5) is 0. The first-order valence-electron chi connectivity index (χ1n) is 10.0. The SMILES string of the molecule is CC1CCC(C2CCC(C3CCC(C)(C#N)CC3)CC2)CC1. The molecule has 3 aliphatic rings. The minimum absolute atomic E-state index is 0.00745. The van der Waals surface area contributed by atoms with Crippen molar-refractivity contribution in [3.8, 4) is 6.07 Å². The highest BCUT2D eigenvalue weighted by atomic mass is 14.4. The summed E-state index contributed by atoms with van der Waals surface area (Å²) in [5.74, 6) is 5.03. The zero-order valence-corrected chi connectivity index (χ0v) is 14.8. The normalized spacial score (nSPS) is 46.9. The van der Waals surface area contributed by atoms with Crippen molar-refractivity contribution in [2.75, 3.05) is 0 Å². The van der Waals surface area contributed by atoms with Crippen molar-refractivity contribution in [2.24, 2.45) is 35.0 Å². The van der Waals surface area contributed by atoms with E-state index in [1.165, 1.54) is 64.2 Å². The minimum Gasteiger partial charge on any atom is -0.198 e. The van der Waals surface area contributed by atoms with Crippen molar-refractivity contribution in [3.05, 3.63) is 0 Å². The lowest BCUT2D eigenvalue weighted by molar-refractivity contribution is 0.0986. The van der Waals surface area contributed by atoms with E-state index in [2.05, 4.69) is 19.9 Å². The standard InChI is InChI=1S/C21H35N/c1-16-3-5-17(6-4-16)18-7-9-19(10-8-18)20-11-13-21(2,15-22)14-12-20/h16-20H,3-14H2,1-2H3. The van der Waals surface area contributed by atoms with Gasteiger partial charge >= 0.3 is 0 Å². The molecule has 22 heavy (non-hydrogen) atoms. The Labute approximate surface area is 137 Å². The van der Waals surface area contributed by atoms with Crippen molar-refractivity contribution in [2.45, 2.75) is 90.9 Å². The summed E-state index contributed by atoms with van der Waals surface area (Å²) >= 11 is 0. The van der Waals surface area contributed by atoms with Gasteiger partial charge < -0.3 is 0 Å². The smallest absolute Gasteiger partial charge is 0.0686 e. The first kappa shape index (κ1) is 16.4. The third-order valence-corrected chi connectivity index (χ3v) is 7.61. The highest BCUT2D eigenvalue weighted by molar-refractivity contribution is 4.99. The Kier molecular flexibility index (Phi) is 5.16. The van der Waals surface area contributed by atoms with Gasteiger partial charge in [0.25, 0.3) is 0 Å². The van der Waals surface area contributed by atoms with Crippen LogP contribution in [0.3, 0.4) is 0 Å². The molecule has 0 radical (unpaired) electrons. The molecule has 0 aliphatic heterocycles. The van der Waals surface area contributed by atoms with Crippen LogP contribution in [0.1, 0.15) is 90.9 Å². The van der Waals surface area contributed by atoms with Gasteiger partial charge in [0.1, 0.15) is 0 Å². The van der Waals surface area contributed by atoms with Crippen molar-refractivity contribution < 1.29 is 0 Å². The molecule has 0 atom stereocenters. The predicted molar refractivity (Wildman–Crippen MR) is 92.2 cm³/mol. The molecule has 3 rings (SSSR count). The molecule has 0 aromatic carbocycles. The van der Waals surface area contributed by atoms with Crippen molar-refractivity contribution in [1.29, 1.82) is 5.26 Å². The monoisotopic (exact) mass is 301 g/mol. The summed E-state index contributed by atoms with van der Waals surface area (Å²) in [6, 6.07) is 2.56. The van der Waals surface area contributed by atoms with E-state index in [9.17, 15) is 5.26 Å². The molecule has 0 amide bonds. The van der Waals surface area contributed by atoms with Gasteiger partial charge in [-0.1, -0.05) is 19.8 Å². The number of nitrogens with zero attached hydrogens (tertiary/aromatic N) is 1. The van der Waals surface area contributed by atoms with Crippen molar-refractivity contribution in [3.63, 3.8) is 0 Å². The van der Waals surface area contributed by atoms with E-state index in [-0.39, 0.29) is 5.41 Å². The average molecular weight is 302 g/mol. The lowest BCUT2D eigenvalue weighted by atomic mass is 9.63. The number of rotatable bonds is 2. The van der Waals surface area contributed by atoms with Crippen LogP contribution < -0.4 is 0 Å². The molecule has 0 N–H and O–H groups in total. The molecule has 0 spiro atoms. The first-order chi connectivity index (χ1) is 10.6. The van der Waals surface area contributed by atoms with Gasteiger partial charge in [-0.2, -0.15) is 5.26 Å². The van der Waals surface area contributed by atoms with Crippen LogP contribution in [0, 0.1) is 46.3 Å². The quantitative estimate of drug-likeness (QED) is 0.584. The van der Waals surface area contributed by atoms with Gasteiger partial charge in [-0.25, -0.2) is 0 Å². The third kappa shape index (κ3) is 3.69. The van der Waals surface area contributed by atoms with Gasteiger partial charge in [0, 0.05) is 0 Å². The molecule has 0 heterocycles. The van der Waals surface area contributed by atoms with Gasteiger partial charge in [-0.15, -0.1) is 0 Å². The van der Waals surface area contributed by atoms with E-state index in [4.69, 9.17) is 0 Å². The molecule has 0 saturated heterocycles. The van der Waals surface area contributed by atoms with E-state index in [1.54, 1.807) is 0 Å². The largest absolute Gasteiger partial charge is 0.198 e. The molecule has 0 aromatic heterocycles. The predicted octanol–water partition coefficient (Wildman–Crippen LogP) is 6.34. The summed E-state index contributed by atoms with van der Waals surface area (Å²) in [5, 5.41) is 9.29. The van der Waals surface area contributed by atoms with Crippen LogP contribution in [-0.2, 0) is 0 Å². The van der Waals surface area contributed by atoms with Crippen LogP contribution in [0.25, 0.3) is 0 Å². The maximum Gasteiger partial charge on any atom is 0.0686 e. The minimum atomic E-state index is -0.00745. The number of hydrogen-bond donors (Lipinski definition) is 0. The van der Waals surface area contributed by atoms with Crippen LogP contribution in [0.4, 0.5) is 0 Å². The zero-order valence-electron chi connectivity index (χ0n) is 14.8. The van der Waals surface area contributed by atoms with E-state index < -0.39 is 0 Å². The van der Waals surface area contributed by atoms with E-state index in [0.29, 0.717) is 0 Å². The molecule has 124 valence electrons. The summed E-state index contributed by atoms with van der Waals surface area (Å²) in [6.45, 7) is 4.61. The Morgan fingerprint density at radius 2 is 1.05 bits per heavy atom. The Morgan fingerprint density at radius 3 is 1.45 bits per heavy atom. The molecular weight excluding hydrogens is 266 g/mol. The Balaban J connectivity index is 1.44. The fourth-order valence-electron chi connectivity index (χ4n) is 5.71. The molecular formula is C21H35N. The molecule has 3 saturated carbocycles. The lowest BCUT2D eigenvalue weighted by Crippen LogP contribution is -2.31. The Morgan fingerprint density at radius 1 is 0.682 bits per heavy atom. The highest BCUT2D eigenvalue weighted by Gasteiger charge is 2.37. The second-order valence-corrected chi connectivity index (χ2v) is 9.20. The molecule has 3 aliphatic carbocycles. The molecule has 0 unspecified atom stereocenters. The summed E-state index contributed by atoms with van der Waals surface area (Å²) in [7, 11) is 0. The maximum atomic E-state index is 9.29. The topological polar surface area (TPSA) is 23.8 Å². The highest BCUT2D eigenvalue weighted by Crippen LogP contribution is 2.47. The third-order valence-electron chi connectivity index (χ3n) is 7.61. The van der Waals surface area contributed by atoms with Crippen LogP contribution in [0.2, 0.25) is 0 Å².